The molecule has 0 nitrogen and oxygen atoms in total. The normalized spacial score (nSPS) is 14.1. The van der Waals surface area contributed by atoms with Crippen molar-refractivity contribution >= 4 is 42.3 Å². The SMILES string of the molecule is c1ccc2c(c1)sc1c2ccc2c3ccc(c21)CCc1ccc(cc1)CC3. The summed E-state index contributed by atoms with van der Waals surface area (Å²) in [6.45, 7) is 0. The summed E-state index contributed by atoms with van der Waals surface area (Å²) in [6.07, 6.45) is 4.42. The molecule has 0 aliphatic heterocycles. The van der Waals surface area contributed by atoms with E-state index in [1.807, 2.05) is 11.3 Å². The maximum Gasteiger partial charge on any atom is 0.0436 e. The smallest absolute Gasteiger partial charge is 0.0436 e. The van der Waals surface area contributed by atoms with Crippen molar-refractivity contribution < 1.29 is 0 Å². The molecule has 0 radical (unpaired) electrons. The second kappa shape index (κ2) is 5.94. The summed E-state index contributed by atoms with van der Waals surface area (Å²) in [5, 5.41) is 5.77. The van der Waals surface area contributed by atoms with Crippen molar-refractivity contribution in [1.29, 1.82) is 0 Å². The molecule has 1 heterocycles. The van der Waals surface area contributed by atoms with E-state index in [4.69, 9.17) is 0 Å². The van der Waals surface area contributed by atoms with E-state index in [-0.39, 0.29) is 0 Å². The predicted octanol–water partition coefficient (Wildman–Crippen LogP) is 7.09. The van der Waals surface area contributed by atoms with Crippen LogP contribution in [-0.4, -0.2) is 0 Å². The van der Waals surface area contributed by atoms with E-state index in [1.165, 1.54) is 53.2 Å². The lowest BCUT2D eigenvalue weighted by Crippen LogP contribution is -1.99. The second-order valence-corrected chi connectivity index (χ2v) is 8.72. The summed E-state index contributed by atoms with van der Waals surface area (Å²) in [4.78, 5) is 0. The van der Waals surface area contributed by atoms with Crippen LogP contribution in [0.5, 0.6) is 0 Å². The minimum absolute atomic E-state index is 1.10. The Morgan fingerprint density at radius 3 is 2.00 bits per heavy atom. The van der Waals surface area contributed by atoms with Crippen LogP contribution in [0.1, 0.15) is 22.3 Å². The Morgan fingerprint density at radius 2 is 1.19 bits per heavy atom. The molecule has 0 amide bonds. The monoisotopic (exact) mass is 364 g/mol. The van der Waals surface area contributed by atoms with E-state index in [0.717, 1.165) is 25.7 Å². The molecule has 130 valence electrons. The van der Waals surface area contributed by atoms with Crippen LogP contribution in [0.2, 0.25) is 0 Å². The van der Waals surface area contributed by atoms with Gasteiger partial charge in [-0.15, -0.1) is 11.3 Å². The molecule has 0 saturated heterocycles. The van der Waals surface area contributed by atoms with Gasteiger partial charge < -0.3 is 0 Å². The maximum absolute atomic E-state index is 2.40. The molecule has 0 unspecified atom stereocenters. The van der Waals surface area contributed by atoms with Gasteiger partial charge in [0.15, 0.2) is 0 Å². The van der Waals surface area contributed by atoms with Crippen LogP contribution >= 0.6 is 11.3 Å². The first-order chi connectivity index (χ1) is 13.4. The Balaban J connectivity index is 1.68. The molecule has 1 aromatic heterocycles. The molecule has 4 bridgehead atoms. The zero-order valence-electron chi connectivity index (χ0n) is 15.2. The number of fused-ring (bicyclic) bond motifs is 3. The van der Waals surface area contributed by atoms with Gasteiger partial charge in [0.2, 0.25) is 0 Å². The van der Waals surface area contributed by atoms with Gasteiger partial charge in [-0.1, -0.05) is 66.7 Å². The lowest BCUT2D eigenvalue weighted by atomic mass is 9.90. The molecule has 0 saturated carbocycles. The van der Waals surface area contributed by atoms with Crippen LogP contribution < -0.4 is 0 Å². The molecule has 0 atom stereocenters. The van der Waals surface area contributed by atoms with Gasteiger partial charge in [0.05, 0.1) is 0 Å². The highest BCUT2D eigenvalue weighted by atomic mass is 32.1. The summed E-state index contributed by atoms with van der Waals surface area (Å²) in [5.74, 6) is 0. The average Bonchev–Trinajstić information content (AvgIpc) is 3.09. The Kier molecular flexibility index (Phi) is 3.39. The first-order valence-corrected chi connectivity index (χ1v) is 10.6. The predicted molar refractivity (Wildman–Crippen MR) is 118 cm³/mol. The maximum atomic E-state index is 2.40. The van der Waals surface area contributed by atoms with Crippen LogP contribution in [0, 0.1) is 0 Å². The van der Waals surface area contributed by atoms with E-state index in [1.54, 1.807) is 0 Å². The summed E-state index contributed by atoms with van der Waals surface area (Å²) in [5.41, 5.74) is 5.87. The molecular weight excluding hydrogens is 344 g/mol. The van der Waals surface area contributed by atoms with Gasteiger partial charge in [0.25, 0.3) is 0 Å². The summed E-state index contributed by atoms with van der Waals surface area (Å²) in [7, 11) is 0. The molecule has 9 rings (SSSR count). The molecule has 1 heteroatoms. The Bertz CT molecular complexity index is 1310. The molecule has 4 aliphatic rings. The van der Waals surface area contributed by atoms with Crippen LogP contribution in [0.25, 0.3) is 30.9 Å². The Hall–Kier alpha value is -2.64. The third kappa shape index (κ3) is 2.42. The van der Waals surface area contributed by atoms with Crippen molar-refractivity contribution in [3.8, 4) is 0 Å². The van der Waals surface area contributed by atoms with Crippen molar-refractivity contribution in [3.05, 3.63) is 95.1 Å². The second-order valence-electron chi connectivity index (χ2n) is 7.66. The molecule has 0 spiro atoms. The van der Waals surface area contributed by atoms with Gasteiger partial charge in [-0.2, -0.15) is 0 Å². The quantitative estimate of drug-likeness (QED) is 0.275. The van der Waals surface area contributed by atoms with Crippen molar-refractivity contribution in [2.45, 2.75) is 25.7 Å². The van der Waals surface area contributed by atoms with Gasteiger partial charge in [-0.05, 0) is 59.4 Å². The van der Waals surface area contributed by atoms with Gasteiger partial charge in [0, 0.05) is 25.6 Å². The van der Waals surface area contributed by atoms with Crippen molar-refractivity contribution in [3.63, 3.8) is 0 Å². The standard InChI is InChI=1S/C26H20S/c1-2-4-24-22(3-1)23-16-15-21-19-11-9-17-5-7-18(8-6-17)10-12-20(14-13-19)25(21)26(23)27-24/h1-8,13-16H,9-12H2. The highest BCUT2D eigenvalue weighted by molar-refractivity contribution is 7.26. The zero-order chi connectivity index (χ0) is 17.8. The number of thiophene rings is 1. The van der Waals surface area contributed by atoms with Gasteiger partial charge in [-0.3, -0.25) is 0 Å². The third-order valence-corrected chi connectivity index (χ3v) is 7.29. The van der Waals surface area contributed by atoms with Crippen LogP contribution in [0.15, 0.2) is 72.8 Å². The number of rotatable bonds is 0. The van der Waals surface area contributed by atoms with E-state index in [0.29, 0.717) is 0 Å². The highest BCUT2D eigenvalue weighted by Gasteiger charge is 2.14. The van der Waals surface area contributed by atoms with E-state index >= 15 is 0 Å². The molecule has 4 aromatic carbocycles. The third-order valence-electron chi connectivity index (χ3n) is 6.09. The number of hydrogen-bond donors (Lipinski definition) is 0. The Morgan fingerprint density at radius 1 is 0.519 bits per heavy atom. The fraction of sp³-hybridized carbons (Fsp3) is 0.154. The molecule has 0 N–H and O–H groups in total. The summed E-state index contributed by atoms with van der Waals surface area (Å²) < 4.78 is 2.86. The average molecular weight is 365 g/mol. The zero-order valence-corrected chi connectivity index (χ0v) is 16.0. The van der Waals surface area contributed by atoms with Crippen LogP contribution in [-0.2, 0) is 25.7 Å². The first-order valence-electron chi connectivity index (χ1n) is 9.79. The van der Waals surface area contributed by atoms with E-state index < -0.39 is 0 Å². The van der Waals surface area contributed by atoms with Crippen molar-refractivity contribution in [1.82, 2.24) is 0 Å². The largest absolute Gasteiger partial charge is 0.135 e. The molecule has 4 aliphatic carbocycles. The fourth-order valence-corrected chi connectivity index (χ4v) is 5.89. The van der Waals surface area contributed by atoms with E-state index in [2.05, 4.69) is 72.8 Å². The van der Waals surface area contributed by atoms with Gasteiger partial charge >= 0.3 is 0 Å². The molecule has 0 fully saturated rings. The fourth-order valence-electron chi connectivity index (χ4n) is 4.61. The van der Waals surface area contributed by atoms with Crippen molar-refractivity contribution in [2.24, 2.45) is 0 Å². The first kappa shape index (κ1) is 15.4. The summed E-state index contributed by atoms with van der Waals surface area (Å²) in [6, 6.07) is 27.6. The molecule has 5 aromatic rings. The summed E-state index contributed by atoms with van der Waals surface area (Å²) >= 11 is 1.96. The van der Waals surface area contributed by atoms with Crippen LogP contribution in [0.4, 0.5) is 0 Å². The lowest BCUT2D eigenvalue weighted by Gasteiger charge is -2.15. The number of aryl methyl sites for hydroxylation is 4. The molecular formula is C26H20S. The van der Waals surface area contributed by atoms with Gasteiger partial charge in [0.1, 0.15) is 0 Å². The van der Waals surface area contributed by atoms with E-state index in [9.17, 15) is 0 Å². The number of hydrogen-bond acceptors (Lipinski definition) is 1. The topological polar surface area (TPSA) is 0 Å². The highest BCUT2D eigenvalue weighted by Crippen LogP contribution is 2.41. The van der Waals surface area contributed by atoms with Crippen molar-refractivity contribution in [2.75, 3.05) is 0 Å². The minimum atomic E-state index is 1.10. The lowest BCUT2D eigenvalue weighted by molar-refractivity contribution is 0.935. The minimum Gasteiger partial charge on any atom is -0.135 e. The van der Waals surface area contributed by atoms with Crippen LogP contribution in [0.3, 0.4) is 0 Å². The van der Waals surface area contributed by atoms with Gasteiger partial charge in [-0.25, -0.2) is 0 Å². The Labute approximate surface area is 163 Å². The molecule has 27 heavy (non-hydrogen) atoms. The number of benzene rings is 4.